The van der Waals surface area contributed by atoms with E-state index in [-0.39, 0.29) is 21.7 Å². The van der Waals surface area contributed by atoms with Gasteiger partial charge in [-0.05, 0) is 129 Å². The van der Waals surface area contributed by atoms with Crippen LogP contribution in [0.5, 0.6) is 0 Å². The van der Waals surface area contributed by atoms with E-state index in [1.54, 1.807) is 0 Å². The summed E-state index contributed by atoms with van der Waals surface area (Å²) in [5.41, 5.74) is 16.6. The lowest BCUT2D eigenvalue weighted by Gasteiger charge is -2.30. The quantitative estimate of drug-likeness (QED) is 0.152. The lowest BCUT2D eigenvalue weighted by Crippen LogP contribution is -2.25. The van der Waals surface area contributed by atoms with Crippen LogP contribution in [0.15, 0.2) is 182 Å². The number of rotatable bonds is 8. The molecule has 9 aromatic rings. The van der Waals surface area contributed by atoms with Crippen molar-refractivity contribution in [3.05, 3.63) is 210 Å². The molecule has 0 spiro atoms. The molecule has 7 aromatic carbocycles. The zero-order valence-corrected chi connectivity index (χ0v) is 41.8. The highest BCUT2D eigenvalue weighted by molar-refractivity contribution is 6.10. The number of anilines is 7. The summed E-state index contributed by atoms with van der Waals surface area (Å²) >= 11 is 0. The standard InChI is InChI=1S/C63H65N5/c1-60(2,3)43-28-30-44(31-29-43)63(10,11)45-34-35-64-59(39-45)68-55-25-16-15-24-53(55)54-33-32-51(41-58(54)68)67(48-20-13-12-14-21-48)50-23-19-22-49(40-50)65-42-66(57-27-18-17-26-56(57)65)52-37-46(61(4,5)6)36-47(38-52)62(7,8)9/h12-41H,42H2,1-11H3. The molecule has 0 saturated carbocycles. The van der Waals surface area contributed by atoms with E-state index in [1.165, 1.54) is 55.7 Å². The normalized spacial score (nSPS) is 13.4. The highest BCUT2D eigenvalue weighted by atomic mass is 15.4. The first-order valence-corrected chi connectivity index (χ1v) is 24.2. The van der Waals surface area contributed by atoms with Crippen molar-refractivity contribution in [2.24, 2.45) is 0 Å². The number of benzene rings is 7. The number of hydrogen-bond donors (Lipinski definition) is 0. The van der Waals surface area contributed by atoms with E-state index < -0.39 is 0 Å². The summed E-state index contributed by atoms with van der Waals surface area (Å²) in [6.45, 7) is 26.0. The van der Waals surface area contributed by atoms with Crippen molar-refractivity contribution < 1.29 is 0 Å². The van der Waals surface area contributed by atoms with Crippen molar-refractivity contribution in [3.8, 4) is 5.82 Å². The third kappa shape index (κ3) is 8.12. The lowest BCUT2D eigenvalue weighted by atomic mass is 9.77. The van der Waals surface area contributed by atoms with Crippen molar-refractivity contribution in [3.63, 3.8) is 0 Å². The van der Waals surface area contributed by atoms with E-state index in [1.807, 2.05) is 6.20 Å². The maximum atomic E-state index is 5.10. The van der Waals surface area contributed by atoms with Crippen LogP contribution in [0.3, 0.4) is 0 Å². The average molecular weight is 892 g/mol. The van der Waals surface area contributed by atoms with Gasteiger partial charge in [-0.25, -0.2) is 4.98 Å². The van der Waals surface area contributed by atoms with Crippen LogP contribution in [0, 0.1) is 0 Å². The Morgan fingerprint density at radius 3 is 1.62 bits per heavy atom. The Hall–Kier alpha value is -7.11. The molecule has 0 bridgehead atoms. The topological polar surface area (TPSA) is 27.5 Å². The molecule has 0 amide bonds. The fraction of sp³-hybridized carbons (Fsp3) is 0.254. The molecule has 10 rings (SSSR count). The highest BCUT2D eigenvalue weighted by Gasteiger charge is 2.31. The molecule has 2 aromatic heterocycles. The van der Waals surface area contributed by atoms with Crippen LogP contribution in [0.2, 0.25) is 0 Å². The molecular weight excluding hydrogens is 827 g/mol. The lowest BCUT2D eigenvalue weighted by molar-refractivity contribution is 0.568. The molecule has 0 fully saturated rings. The predicted molar refractivity (Wildman–Crippen MR) is 290 cm³/mol. The predicted octanol–water partition coefficient (Wildman–Crippen LogP) is 17.1. The van der Waals surface area contributed by atoms with Gasteiger partial charge >= 0.3 is 0 Å². The van der Waals surface area contributed by atoms with Crippen LogP contribution < -0.4 is 14.7 Å². The van der Waals surface area contributed by atoms with Crippen LogP contribution >= 0.6 is 0 Å². The number of hydrogen-bond acceptors (Lipinski definition) is 4. The molecule has 5 heteroatoms. The van der Waals surface area contributed by atoms with Crippen molar-refractivity contribution in [2.75, 3.05) is 21.4 Å². The van der Waals surface area contributed by atoms with Gasteiger partial charge < -0.3 is 14.7 Å². The SMILES string of the molecule is CC(C)(C)c1ccc(C(C)(C)c2ccnc(-n3c4ccccc4c4ccc(N(c5ccccc5)c5cccc(N6CN(c7cc(C(C)(C)C)cc(C(C)(C)C)c7)c7ccccc76)c5)cc43)c2)cc1. The van der Waals surface area contributed by atoms with E-state index in [0.717, 1.165) is 39.6 Å². The average Bonchev–Trinajstić information content (AvgIpc) is 3.88. The van der Waals surface area contributed by atoms with E-state index in [4.69, 9.17) is 4.98 Å². The van der Waals surface area contributed by atoms with Crippen molar-refractivity contribution in [2.45, 2.75) is 97.8 Å². The molecule has 5 nitrogen and oxygen atoms in total. The Balaban J connectivity index is 1.07. The van der Waals surface area contributed by atoms with Crippen LogP contribution in [0.4, 0.5) is 39.8 Å². The zero-order chi connectivity index (χ0) is 47.8. The first-order chi connectivity index (χ1) is 32.4. The van der Waals surface area contributed by atoms with E-state index >= 15 is 0 Å². The molecule has 0 radical (unpaired) electrons. The first kappa shape index (κ1) is 44.7. The third-order valence-electron chi connectivity index (χ3n) is 14.2. The number of para-hydroxylation sites is 4. The molecule has 0 unspecified atom stereocenters. The maximum Gasteiger partial charge on any atom is 0.137 e. The molecular formula is C63H65N5. The van der Waals surface area contributed by atoms with Gasteiger partial charge in [0.1, 0.15) is 12.5 Å². The Labute approximate surface area is 404 Å². The minimum atomic E-state index is -0.244. The maximum absolute atomic E-state index is 5.10. The zero-order valence-electron chi connectivity index (χ0n) is 41.8. The fourth-order valence-electron chi connectivity index (χ4n) is 9.94. The van der Waals surface area contributed by atoms with Crippen LogP contribution in [0.1, 0.15) is 104 Å². The Kier molecular flexibility index (Phi) is 10.9. The Morgan fingerprint density at radius 1 is 0.397 bits per heavy atom. The van der Waals surface area contributed by atoms with Crippen LogP contribution in [-0.4, -0.2) is 16.2 Å². The second kappa shape index (κ2) is 16.6. The number of pyridine rings is 1. The van der Waals surface area contributed by atoms with Crippen LogP contribution in [-0.2, 0) is 21.7 Å². The summed E-state index contributed by atoms with van der Waals surface area (Å²) in [6, 6.07) is 65.1. The van der Waals surface area contributed by atoms with Crippen molar-refractivity contribution >= 4 is 61.6 Å². The molecule has 0 atom stereocenters. The minimum Gasteiger partial charge on any atom is -0.321 e. The summed E-state index contributed by atoms with van der Waals surface area (Å²) in [6.07, 6.45) is 1.98. The number of aromatic nitrogens is 2. The Bertz CT molecular complexity index is 3270. The summed E-state index contributed by atoms with van der Waals surface area (Å²) in [7, 11) is 0. The summed E-state index contributed by atoms with van der Waals surface area (Å²) in [4.78, 5) is 12.4. The number of fused-ring (bicyclic) bond motifs is 4. The molecule has 0 N–H and O–H groups in total. The van der Waals surface area contributed by atoms with Crippen LogP contribution in [0.25, 0.3) is 27.6 Å². The largest absolute Gasteiger partial charge is 0.321 e. The third-order valence-corrected chi connectivity index (χ3v) is 14.2. The molecule has 68 heavy (non-hydrogen) atoms. The number of nitrogens with zero attached hydrogens (tertiary/aromatic N) is 5. The van der Waals surface area contributed by atoms with Gasteiger partial charge in [-0.1, -0.05) is 167 Å². The van der Waals surface area contributed by atoms with E-state index in [9.17, 15) is 0 Å². The second-order valence-electron chi connectivity index (χ2n) is 22.4. The van der Waals surface area contributed by atoms with Gasteiger partial charge in [-0.3, -0.25) is 4.57 Å². The first-order valence-electron chi connectivity index (χ1n) is 24.2. The van der Waals surface area contributed by atoms with Gasteiger partial charge in [0.2, 0.25) is 0 Å². The van der Waals surface area contributed by atoms with Crippen molar-refractivity contribution in [1.29, 1.82) is 0 Å². The second-order valence-corrected chi connectivity index (χ2v) is 22.4. The van der Waals surface area contributed by atoms with Crippen molar-refractivity contribution in [1.82, 2.24) is 9.55 Å². The van der Waals surface area contributed by atoms with Gasteiger partial charge in [0.05, 0.1) is 22.4 Å². The smallest absolute Gasteiger partial charge is 0.137 e. The fourth-order valence-corrected chi connectivity index (χ4v) is 9.94. The molecule has 3 heterocycles. The van der Waals surface area contributed by atoms with E-state index in [2.05, 4.69) is 271 Å². The minimum absolute atomic E-state index is 0.0123. The van der Waals surface area contributed by atoms with Gasteiger partial charge in [0.25, 0.3) is 0 Å². The highest BCUT2D eigenvalue weighted by Crippen LogP contribution is 2.48. The molecule has 0 saturated heterocycles. The van der Waals surface area contributed by atoms with Gasteiger partial charge in [-0.15, -0.1) is 0 Å². The molecule has 1 aliphatic heterocycles. The Morgan fingerprint density at radius 2 is 0.956 bits per heavy atom. The van der Waals surface area contributed by atoms with Gasteiger partial charge in [-0.2, -0.15) is 0 Å². The summed E-state index contributed by atoms with van der Waals surface area (Å²) < 4.78 is 2.35. The van der Waals surface area contributed by atoms with Gasteiger partial charge in [0.15, 0.2) is 0 Å². The molecule has 342 valence electrons. The van der Waals surface area contributed by atoms with Gasteiger partial charge in [0, 0.05) is 50.8 Å². The summed E-state index contributed by atoms with van der Waals surface area (Å²) in [5.74, 6) is 0.901. The summed E-state index contributed by atoms with van der Waals surface area (Å²) in [5, 5.41) is 2.39. The monoisotopic (exact) mass is 892 g/mol. The molecule has 1 aliphatic rings. The molecule has 0 aliphatic carbocycles. The van der Waals surface area contributed by atoms with E-state index in [0.29, 0.717) is 6.67 Å².